The number of Topliss-reactive ketones (excluding diaryl/α,β-unsaturated/α-hetero) is 1. The van der Waals surface area contributed by atoms with Gasteiger partial charge in [0, 0.05) is 31.7 Å². The molecular weight excluding hydrogens is 540 g/mol. The summed E-state index contributed by atoms with van der Waals surface area (Å²) in [6.07, 6.45) is 0.648. The molecule has 1 atom stereocenters. The first kappa shape index (κ1) is 31.2. The van der Waals surface area contributed by atoms with Gasteiger partial charge in [-0.1, -0.05) is 13.8 Å². The van der Waals surface area contributed by atoms with Gasteiger partial charge in [-0.15, -0.1) is 0 Å². The Balaban J connectivity index is 1.77. The molecule has 228 valence electrons. The summed E-state index contributed by atoms with van der Waals surface area (Å²) >= 11 is 0. The van der Waals surface area contributed by atoms with Gasteiger partial charge in [0.1, 0.15) is 11.5 Å². The standard InChI is InChI=1S/C32H42N2O8/c1-20(2)19-42-23-8-9-24(21(3)16-23)29(35)27-28(22-17-25(38-4)31(40-6)26(18-22)39-5)34(32(37)30(27)36)11-7-10-33-12-14-41-15-13-33/h8-9,16-18,20,28,35H,7,10-15,19H2,1-6H3/t28-/m1/s1. The number of hydrogen-bond acceptors (Lipinski definition) is 9. The van der Waals surface area contributed by atoms with Gasteiger partial charge in [0.05, 0.1) is 52.8 Å². The van der Waals surface area contributed by atoms with E-state index in [1.54, 1.807) is 24.3 Å². The van der Waals surface area contributed by atoms with E-state index in [1.807, 2.05) is 13.0 Å². The third-order valence-electron chi connectivity index (χ3n) is 7.56. The average Bonchev–Trinajstić information content (AvgIpc) is 3.24. The number of methoxy groups -OCH3 is 3. The predicted molar refractivity (Wildman–Crippen MR) is 158 cm³/mol. The lowest BCUT2D eigenvalue weighted by Gasteiger charge is -2.29. The highest BCUT2D eigenvalue weighted by Crippen LogP contribution is 2.46. The fourth-order valence-electron chi connectivity index (χ4n) is 5.41. The Labute approximate surface area is 247 Å². The zero-order chi connectivity index (χ0) is 30.4. The van der Waals surface area contributed by atoms with Crippen LogP contribution in [0.2, 0.25) is 0 Å². The number of carbonyl (C=O) groups is 2. The van der Waals surface area contributed by atoms with Crippen LogP contribution in [0, 0.1) is 12.8 Å². The van der Waals surface area contributed by atoms with Gasteiger partial charge in [-0.3, -0.25) is 14.5 Å². The minimum absolute atomic E-state index is 0.0135. The molecule has 0 bridgehead atoms. The molecule has 0 saturated carbocycles. The SMILES string of the molecule is COc1cc([C@@H]2C(=C(O)c3ccc(OCC(C)C)cc3C)C(=O)C(=O)N2CCCN2CCOCC2)cc(OC)c1OC. The molecule has 2 aromatic carbocycles. The highest BCUT2D eigenvalue weighted by atomic mass is 16.5. The molecule has 2 heterocycles. The van der Waals surface area contributed by atoms with Crippen LogP contribution in [0.25, 0.3) is 5.76 Å². The fourth-order valence-corrected chi connectivity index (χ4v) is 5.41. The highest BCUT2D eigenvalue weighted by Gasteiger charge is 2.46. The first-order chi connectivity index (χ1) is 20.2. The lowest BCUT2D eigenvalue weighted by molar-refractivity contribution is -0.140. The summed E-state index contributed by atoms with van der Waals surface area (Å²) in [6.45, 7) is 10.6. The van der Waals surface area contributed by atoms with Crippen LogP contribution in [0.4, 0.5) is 0 Å². The van der Waals surface area contributed by atoms with Crippen LogP contribution in [0.5, 0.6) is 23.0 Å². The minimum atomic E-state index is -0.861. The Kier molecular flexibility index (Phi) is 10.3. The van der Waals surface area contributed by atoms with E-state index in [-0.39, 0.29) is 11.3 Å². The Hall–Kier alpha value is -3.76. The fraction of sp³-hybridized carbons (Fsp3) is 0.500. The normalized spacial score (nSPS) is 18.9. The van der Waals surface area contributed by atoms with Crippen molar-refractivity contribution in [2.45, 2.75) is 33.2 Å². The molecule has 2 aromatic rings. The van der Waals surface area contributed by atoms with Crippen LogP contribution < -0.4 is 18.9 Å². The number of rotatable bonds is 12. The van der Waals surface area contributed by atoms with Crippen molar-refractivity contribution in [1.82, 2.24) is 9.80 Å². The number of ketones is 1. The number of ether oxygens (including phenoxy) is 5. The van der Waals surface area contributed by atoms with Gasteiger partial charge in [-0.05, 0) is 60.7 Å². The molecule has 4 rings (SSSR count). The number of carbonyl (C=O) groups excluding carboxylic acids is 2. The highest BCUT2D eigenvalue weighted by molar-refractivity contribution is 6.46. The number of nitrogens with zero attached hydrogens (tertiary/aromatic N) is 2. The van der Waals surface area contributed by atoms with E-state index >= 15 is 0 Å². The van der Waals surface area contributed by atoms with Gasteiger partial charge in [0.15, 0.2) is 11.5 Å². The van der Waals surface area contributed by atoms with E-state index in [1.165, 1.54) is 26.2 Å². The van der Waals surface area contributed by atoms with Crippen molar-refractivity contribution in [1.29, 1.82) is 0 Å². The van der Waals surface area contributed by atoms with Crippen molar-refractivity contribution in [3.05, 3.63) is 52.6 Å². The lowest BCUT2D eigenvalue weighted by atomic mass is 9.93. The Morgan fingerprint density at radius 3 is 2.24 bits per heavy atom. The second-order valence-corrected chi connectivity index (χ2v) is 10.9. The molecule has 2 aliphatic rings. The van der Waals surface area contributed by atoms with Crippen LogP contribution >= 0.6 is 0 Å². The third kappa shape index (κ3) is 6.65. The van der Waals surface area contributed by atoms with Gasteiger partial charge in [-0.2, -0.15) is 0 Å². The molecule has 2 saturated heterocycles. The van der Waals surface area contributed by atoms with Crippen molar-refractivity contribution in [2.75, 3.05) is 67.3 Å². The molecule has 2 aliphatic heterocycles. The number of benzene rings is 2. The summed E-state index contributed by atoms with van der Waals surface area (Å²) in [5, 5.41) is 11.7. The van der Waals surface area contributed by atoms with E-state index < -0.39 is 17.7 Å². The van der Waals surface area contributed by atoms with Crippen LogP contribution in [0.1, 0.15) is 43.0 Å². The van der Waals surface area contributed by atoms with Crippen LogP contribution in [0.15, 0.2) is 35.9 Å². The number of likely N-dealkylation sites (tertiary alicyclic amines) is 1. The molecule has 0 spiro atoms. The van der Waals surface area contributed by atoms with Crippen molar-refractivity contribution < 1.29 is 38.4 Å². The topological polar surface area (TPSA) is 107 Å². The van der Waals surface area contributed by atoms with E-state index in [4.69, 9.17) is 23.7 Å². The number of aryl methyl sites for hydroxylation is 1. The summed E-state index contributed by atoms with van der Waals surface area (Å²) < 4.78 is 27.9. The Bertz CT molecular complexity index is 1290. The number of aliphatic hydroxyl groups excluding tert-OH is 1. The molecular formula is C32H42N2O8. The smallest absolute Gasteiger partial charge is 0.295 e. The van der Waals surface area contributed by atoms with E-state index in [0.717, 1.165) is 25.2 Å². The Morgan fingerprint density at radius 2 is 1.67 bits per heavy atom. The quantitative estimate of drug-likeness (QED) is 0.224. The van der Waals surface area contributed by atoms with Crippen LogP contribution in [-0.2, 0) is 14.3 Å². The number of aliphatic hydroxyl groups is 1. The third-order valence-corrected chi connectivity index (χ3v) is 7.56. The minimum Gasteiger partial charge on any atom is -0.507 e. The molecule has 0 aromatic heterocycles. The summed E-state index contributed by atoms with van der Waals surface area (Å²) in [5.41, 5.74) is 1.75. The molecule has 1 amide bonds. The van der Waals surface area contributed by atoms with Gasteiger partial charge in [-0.25, -0.2) is 0 Å². The van der Waals surface area contributed by atoms with Gasteiger partial charge < -0.3 is 33.7 Å². The molecule has 0 radical (unpaired) electrons. The second-order valence-electron chi connectivity index (χ2n) is 10.9. The van der Waals surface area contributed by atoms with E-state index in [9.17, 15) is 14.7 Å². The lowest BCUT2D eigenvalue weighted by Crippen LogP contribution is -2.39. The number of morpholine rings is 1. The Morgan fingerprint density at radius 1 is 1.00 bits per heavy atom. The molecule has 2 fully saturated rings. The van der Waals surface area contributed by atoms with Crippen LogP contribution in [-0.4, -0.2) is 93.9 Å². The average molecular weight is 583 g/mol. The van der Waals surface area contributed by atoms with Gasteiger partial charge >= 0.3 is 0 Å². The molecule has 0 unspecified atom stereocenters. The number of amides is 1. The summed E-state index contributed by atoms with van der Waals surface area (Å²) in [7, 11) is 4.52. The largest absolute Gasteiger partial charge is 0.507 e. The first-order valence-electron chi connectivity index (χ1n) is 14.3. The van der Waals surface area contributed by atoms with Crippen molar-refractivity contribution in [3.63, 3.8) is 0 Å². The zero-order valence-corrected chi connectivity index (χ0v) is 25.4. The summed E-state index contributed by atoms with van der Waals surface area (Å²) in [4.78, 5) is 31.0. The molecule has 42 heavy (non-hydrogen) atoms. The second kappa shape index (κ2) is 13.9. The maximum Gasteiger partial charge on any atom is 0.295 e. The molecule has 1 N–H and O–H groups in total. The zero-order valence-electron chi connectivity index (χ0n) is 25.4. The summed E-state index contributed by atoms with van der Waals surface area (Å²) in [6, 6.07) is 7.88. The molecule has 0 aliphatic carbocycles. The van der Waals surface area contributed by atoms with Crippen molar-refractivity contribution in [3.8, 4) is 23.0 Å². The van der Waals surface area contributed by atoms with Gasteiger partial charge in [0.2, 0.25) is 5.75 Å². The van der Waals surface area contributed by atoms with Crippen LogP contribution in [0.3, 0.4) is 0 Å². The van der Waals surface area contributed by atoms with Gasteiger partial charge in [0.25, 0.3) is 11.7 Å². The maximum atomic E-state index is 13.6. The first-order valence-corrected chi connectivity index (χ1v) is 14.3. The van der Waals surface area contributed by atoms with E-state index in [2.05, 4.69) is 18.7 Å². The number of hydrogen-bond donors (Lipinski definition) is 1. The molecule has 10 heteroatoms. The summed E-state index contributed by atoms with van der Waals surface area (Å²) in [5.74, 6) is 0.543. The monoisotopic (exact) mass is 582 g/mol. The van der Waals surface area contributed by atoms with Crippen molar-refractivity contribution in [2.24, 2.45) is 5.92 Å². The molecule has 10 nitrogen and oxygen atoms in total. The predicted octanol–water partition coefficient (Wildman–Crippen LogP) is 4.20. The van der Waals surface area contributed by atoms with E-state index in [0.29, 0.717) is 72.8 Å². The maximum absolute atomic E-state index is 13.6. The van der Waals surface area contributed by atoms with Crippen molar-refractivity contribution >= 4 is 17.4 Å².